The third kappa shape index (κ3) is 4.96. The number of alkyl halides is 1. The highest BCUT2D eigenvalue weighted by atomic mass is 32.2. The van der Waals surface area contributed by atoms with Crippen LogP contribution in [0.25, 0.3) is 10.9 Å². The molecule has 0 radical (unpaired) electrons. The Bertz CT molecular complexity index is 1540. The number of fused-ring (bicyclic) bond motifs is 3. The Labute approximate surface area is 225 Å². The number of benzene rings is 2. The molecule has 0 spiro atoms. The van der Waals surface area contributed by atoms with Crippen LogP contribution in [0.4, 0.5) is 4.39 Å². The SMILES string of the molecule is COC(=O)[C@H]1Cc2c([nH]c3ccccc23)[C@H](c2ccc(S(C)(=O)=O)cc2)N1C(=O)COC(=N)N1CCC[C@@H]1F. The molecule has 0 saturated carbocycles. The number of sulfone groups is 1. The number of ether oxygens (including phenoxy) is 2. The van der Waals surface area contributed by atoms with Crippen LogP contribution < -0.4 is 0 Å². The predicted octanol–water partition coefficient (Wildman–Crippen LogP) is 2.93. The van der Waals surface area contributed by atoms with E-state index in [1.165, 1.54) is 24.1 Å². The van der Waals surface area contributed by atoms with Gasteiger partial charge in [-0.1, -0.05) is 30.3 Å². The highest BCUT2D eigenvalue weighted by molar-refractivity contribution is 7.90. The Morgan fingerprint density at radius 2 is 1.87 bits per heavy atom. The second kappa shape index (κ2) is 10.3. The molecule has 3 heterocycles. The van der Waals surface area contributed by atoms with E-state index in [9.17, 15) is 22.4 Å². The number of aromatic nitrogens is 1. The number of esters is 1. The van der Waals surface area contributed by atoms with Crippen LogP contribution in [-0.4, -0.2) is 80.0 Å². The lowest BCUT2D eigenvalue weighted by Crippen LogP contribution is -2.53. The Balaban J connectivity index is 1.57. The average molecular weight is 557 g/mol. The number of nitrogens with zero attached hydrogens (tertiary/aromatic N) is 2. The molecule has 0 unspecified atom stereocenters. The molecule has 39 heavy (non-hydrogen) atoms. The van der Waals surface area contributed by atoms with Gasteiger partial charge in [-0.05, 0) is 42.2 Å². The lowest BCUT2D eigenvalue weighted by Gasteiger charge is -2.41. The first-order valence-corrected chi connectivity index (χ1v) is 14.4. The van der Waals surface area contributed by atoms with E-state index in [4.69, 9.17) is 14.9 Å². The molecule has 12 heteroatoms. The number of hydrogen-bond acceptors (Lipinski definition) is 7. The van der Waals surface area contributed by atoms with E-state index in [1.807, 2.05) is 24.3 Å². The number of carbonyl (C=O) groups is 2. The molecule has 10 nitrogen and oxygen atoms in total. The van der Waals surface area contributed by atoms with E-state index in [2.05, 4.69) is 4.98 Å². The van der Waals surface area contributed by atoms with E-state index < -0.39 is 52.7 Å². The summed E-state index contributed by atoms with van der Waals surface area (Å²) in [6, 6.07) is 11.4. The molecule has 1 amide bonds. The molecule has 0 aliphatic carbocycles. The first-order chi connectivity index (χ1) is 18.6. The number of para-hydroxylation sites is 1. The summed E-state index contributed by atoms with van der Waals surface area (Å²) in [4.78, 5) is 32.8. The van der Waals surface area contributed by atoms with E-state index in [1.54, 1.807) is 12.1 Å². The Morgan fingerprint density at radius 3 is 2.51 bits per heavy atom. The minimum absolute atomic E-state index is 0.115. The third-order valence-electron chi connectivity index (χ3n) is 7.29. The van der Waals surface area contributed by atoms with Crippen molar-refractivity contribution in [2.75, 3.05) is 26.5 Å². The van der Waals surface area contributed by atoms with Crippen LogP contribution in [0, 0.1) is 5.41 Å². The summed E-state index contributed by atoms with van der Waals surface area (Å²) in [6.07, 6.45) is 0.791. The number of nitrogens with one attached hydrogen (secondary N) is 2. The first-order valence-electron chi connectivity index (χ1n) is 12.5. The van der Waals surface area contributed by atoms with Crippen LogP contribution in [-0.2, 0) is 35.3 Å². The molecule has 206 valence electrons. The van der Waals surface area contributed by atoms with Gasteiger partial charge in [0.15, 0.2) is 22.7 Å². The summed E-state index contributed by atoms with van der Waals surface area (Å²) >= 11 is 0. The molecule has 0 bridgehead atoms. The van der Waals surface area contributed by atoms with Crippen molar-refractivity contribution >= 4 is 38.6 Å². The second-order valence-corrected chi connectivity index (χ2v) is 11.7. The first kappa shape index (κ1) is 26.7. The van der Waals surface area contributed by atoms with E-state index in [-0.39, 0.29) is 17.7 Å². The average Bonchev–Trinajstić information content (AvgIpc) is 3.52. The van der Waals surface area contributed by atoms with Crippen LogP contribution in [0.15, 0.2) is 53.4 Å². The topological polar surface area (TPSA) is 133 Å². The highest BCUT2D eigenvalue weighted by Gasteiger charge is 2.44. The Kier molecular flexibility index (Phi) is 7.06. The van der Waals surface area contributed by atoms with Crippen molar-refractivity contribution in [2.45, 2.75) is 42.5 Å². The van der Waals surface area contributed by atoms with Gasteiger partial charge in [-0.2, -0.15) is 0 Å². The summed E-state index contributed by atoms with van der Waals surface area (Å²) in [5.74, 6) is -1.23. The quantitative estimate of drug-likeness (QED) is 0.214. The van der Waals surface area contributed by atoms with Gasteiger partial charge in [0, 0.05) is 35.8 Å². The minimum Gasteiger partial charge on any atom is -0.467 e. The smallest absolute Gasteiger partial charge is 0.328 e. The van der Waals surface area contributed by atoms with Gasteiger partial charge >= 0.3 is 5.97 Å². The zero-order valence-corrected chi connectivity index (χ0v) is 22.3. The van der Waals surface area contributed by atoms with Crippen molar-refractivity contribution < 1.29 is 31.9 Å². The molecule has 1 aromatic heterocycles. The number of hydrogen-bond donors (Lipinski definition) is 2. The van der Waals surface area contributed by atoms with Crippen LogP contribution in [0.3, 0.4) is 0 Å². The summed E-state index contributed by atoms with van der Waals surface area (Å²) in [7, 11) is -2.22. The number of carbonyl (C=O) groups excluding carboxylic acids is 2. The lowest BCUT2D eigenvalue weighted by atomic mass is 9.88. The summed E-state index contributed by atoms with van der Waals surface area (Å²) in [5.41, 5.74) is 2.90. The molecule has 3 atom stereocenters. The van der Waals surface area contributed by atoms with Gasteiger partial charge in [-0.3, -0.25) is 15.1 Å². The van der Waals surface area contributed by atoms with Crippen LogP contribution in [0.2, 0.25) is 0 Å². The Morgan fingerprint density at radius 1 is 1.15 bits per heavy atom. The number of H-pyrrole nitrogens is 1. The van der Waals surface area contributed by atoms with Crippen molar-refractivity contribution in [3.63, 3.8) is 0 Å². The normalized spacial score (nSPS) is 21.1. The van der Waals surface area contributed by atoms with Crippen LogP contribution >= 0.6 is 0 Å². The maximum Gasteiger partial charge on any atom is 0.328 e. The second-order valence-electron chi connectivity index (χ2n) is 9.71. The molecule has 5 rings (SSSR count). The zero-order valence-electron chi connectivity index (χ0n) is 21.5. The number of methoxy groups -OCH3 is 1. The maximum atomic E-state index is 14.1. The van der Waals surface area contributed by atoms with Crippen molar-refractivity contribution in [1.29, 1.82) is 5.41 Å². The molecular weight excluding hydrogens is 527 g/mol. The van der Waals surface area contributed by atoms with Gasteiger partial charge in [-0.25, -0.2) is 17.6 Å². The van der Waals surface area contributed by atoms with Crippen LogP contribution in [0.5, 0.6) is 0 Å². The van der Waals surface area contributed by atoms with Crippen molar-refractivity contribution in [3.05, 3.63) is 65.4 Å². The fraction of sp³-hybridized carbons (Fsp3) is 0.370. The number of amides is 1. The largest absolute Gasteiger partial charge is 0.467 e. The van der Waals surface area contributed by atoms with Crippen molar-refractivity contribution in [1.82, 2.24) is 14.8 Å². The fourth-order valence-electron chi connectivity index (χ4n) is 5.40. The number of halogens is 1. The summed E-state index contributed by atoms with van der Waals surface area (Å²) < 4.78 is 48.7. The monoisotopic (exact) mass is 556 g/mol. The highest BCUT2D eigenvalue weighted by Crippen LogP contribution is 2.41. The third-order valence-corrected chi connectivity index (χ3v) is 8.42. The van der Waals surface area contributed by atoms with Gasteiger partial charge < -0.3 is 19.4 Å². The van der Waals surface area contributed by atoms with Crippen LogP contribution in [0.1, 0.15) is 35.7 Å². The van der Waals surface area contributed by atoms with Gasteiger partial charge in [-0.15, -0.1) is 0 Å². The molecule has 3 aromatic rings. The molecular formula is C27H29FN4O6S. The van der Waals surface area contributed by atoms with Gasteiger partial charge in [0.1, 0.15) is 6.04 Å². The summed E-state index contributed by atoms with van der Waals surface area (Å²) in [5, 5.41) is 9.02. The number of rotatable bonds is 5. The van der Waals surface area contributed by atoms with Gasteiger partial charge in [0.25, 0.3) is 11.9 Å². The number of likely N-dealkylation sites (tertiary alicyclic amines) is 1. The van der Waals surface area contributed by atoms with Gasteiger partial charge in [0.05, 0.1) is 18.0 Å². The number of amidine groups is 1. The molecule has 2 aliphatic heterocycles. The predicted molar refractivity (Wildman–Crippen MR) is 141 cm³/mol. The number of aromatic amines is 1. The maximum absolute atomic E-state index is 14.1. The van der Waals surface area contributed by atoms with Gasteiger partial charge in [0.2, 0.25) is 0 Å². The minimum atomic E-state index is -3.46. The van der Waals surface area contributed by atoms with Crippen molar-refractivity contribution in [3.8, 4) is 0 Å². The summed E-state index contributed by atoms with van der Waals surface area (Å²) in [6.45, 7) is -0.278. The zero-order chi connectivity index (χ0) is 27.9. The standard InChI is InChI=1S/C27H29FN4O6S/c1-37-26(34)21-14-19-18-6-3-4-7-20(18)30-24(19)25(16-9-11-17(12-10-16)39(2,35)36)32(21)23(33)15-38-27(29)31-13-5-8-22(31)28/h3-4,6-7,9-12,21-22,25,29-30H,5,8,13-15H2,1-2H3/t21-,22-,25+/m1/s1. The van der Waals surface area contributed by atoms with E-state index in [0.29, 0.717) is 24.2 Å². The fourth-order valence-corrected chi connectivity index (χ4v) is 6.03. The van der Waals surface area contributed by atoms with E-state index >= 15 is 0 Å². The molecule has 2 aliphatic rings. The molecule has 2 N–H and O–H groups in total. The molecule has 1 fully saturated rings. The van der Waals surface area contributed by atoms with Crippen molar-refractivity contribution in [2.24, 2.45) is 0 Å². The Hall–Kier alpha value is -3.93. The molecule has 2 aromatic carbocycles. The molecule has 1 saturated heterocycles. The van der Waals surface area contributed by atoms with E-state index in [0.717, 1.165) is 27.6 Å². The lowest BCUT2D eigenvalue weighted by molar-refractivity contribution is -0.156.